The quantitative estimate of drug-likeness (QED) is 0.354. The number of carbonyl (C=O) groups is 1. The molecule has 0 unspecified atom stereocenters. The van der Waals surface area contributed by atoms with Crippen molar-refractivity contribution in [2.75, 3.05) is 0 Å². The fourth-order valence-corrected chi connectivity index (χ4v) is 0.708. The lowest BCUT2D eigenvalue weighted by atomic mass is 10.1. The minimum Gasteiger partial charge on any atom is -0.288 e. The third-order valence-electron chi connectivity index (χ3n) is 1.20. The van der Waals surface area contributed by atoms with E-state index in [-0.39, 0.29) is 0 Å². The monoisotopic (exact) mass is 145 g/mol. The molecule has 0 aromatic heterocycles. The molecule has 0 aliphatic carbocycles. The summed E-state index contributed by atoms with van der Waals surface area (Å²) in [5.41, 5.74) is 0.454. The lowest BCUT2D eigenvalue weighted by Crippen LogP contribution is -1.93. The van der Waals surface area contributed by atoms with Crippen molar-refractivity contribution in [3.63, 3.8) is 0 Å². The van der Waals surface area contributed by atoms with Crippen LogP contribution in [0.5, 0.6) is 0 Å². The summed E-state index contributed by atoms with van der Waals surface area (Å²) >= 11 is 0. The van der Waals surface area contributed by atoms with Crippen LogP contribution in [-0.4, -0.2) is 11.7 Å². The average Bonchev–Trinajstić information content (AvgIpc) is 2.07. The Balaban J connectivity index is 2.94. The minimum atomic E-state index is -0.430. The lowest BCUT2D eigenvalue weighted by Gasteiger charge is -1.89. The molecule has 0 N–H and O–H groups in total. The van der Waals surface area contributed by atoms with E-state index in [4.69, 9.17) is 0 Å². The molecule has 0 aliphatic heterocycles. The molecular formula is C9H5O2. The van der Waals surface area contributed by atoms with E-state index in [2.05, 4.69) is 0 Å². The van der Waals surface area contributed by atoms with Gasteiger partial charge in [-0.05, 0) is 0 Å². The predicted molar refractivity (Wildman–Crippen MR) is 39.7 cm³/mol. The molecule has 11 heavy (non-hydrogen) atoms. The third kappa shape index (κ3) is 1.88. The summed E-state index contributed by atoms with van der Waals surface area (Å²) in [4.78, 5) is 20.6. The molecular weight excluding hydrogens is 140 g/mol. The number of carbonyl (C=O) groups excluding carboxylic acids is 2. The molecule has 1 rings (SSSR count). The van der Waals surface area contributed by atoms with Crippen LogP contribution in [0.15, 0.2) is 30.3 Å². The highest BCUT2D eigenvalue weighted by Crippen LogP contribution is 1.98. The molecule has 0 atom stereocenters. The molecule has 0 saturated carbocycles. The van der Waals surface area contributed by atoms with Crippen LogP contribution in [-0.2, 0) is 4.79 Å². The number of Topliss-reactive ketones (excluding diaryl/α,β-unsaturated/α-hetero) is 1. The van der Waals surface area contributed by atoms with Crippen LogP contribution in [0.4, 0.5) is 0 Å². The van der Waals surface area contributed by atoms with Gasteiger partial charge in [0.05, 0.1) is 0 Å². The Morgan fingerprint density at radius 1 is 1.18 bits per heavy atom. The second-order valence-electron chi connectivity index (χ2n) is 1.92. The van der Waals surface area contributed by atoms with Crippen LogP contribution < -0.4 is 0 Å². The van der Waals surface area contributed by atoms with Crippen molar-refractivity contribution < 1.29 is 9.59 Å². The van der Waals surface area contributed by atoms with Gasteiger partial charge in [-0.3, -0.25) is 4.79 Å². The molecule has 0 aliphatic rings. The summed E-state index contributed by atoms with van der Waals surface area (Å²) in [6.07, 6.45) is 1.92. The maximum Gasteiger partial charge on any atom is 0.205 e. The van der Waals surface area contributed by atoms with Crippen molar-refractivity contribution in [3.8, 4) is 0 Å². The molecule has 1 aromatic rings. The molecule has 1 aromatic carbocycles. The van der Waals surface area contributed by atoms with Gasteiger partial charge < -0.3 is 0 Å². The summed E-state index contributed by atoms with van der Waals surface area (Å²) < 4.78 is 0. The molecule has 0 spiro atoms. The first-order valence-corrected chi connectivity index (χ1v) is 3.07. The second-order valence-corrected chi connectivity index (χ2v) is 1.92. The van der Waals surface area contributed by atoms with E-state index in [1.807, 2.05) is 6.08 Å². The SMILES string of the molecule is O=C=[C]C(=O)c1ccccc1. The number of allylic oxidation sites excluding steroid dienone is 1. The maximum absolute atomic E-state index is 10.9. The van der Waals surface area contributed by atoms with Gasteiger partial charge >= 0.3 is 0 Å². The van der Waals surface area contributed by atoms with Gasteiger partial charge in [0.1, 0.15) is 12.0 Å². The van der Waals surface area contributed by atoms with Crippen molar-refractivity contribution in [1.82, 2.24) is 0 Å². The van der Waals surface area contributed by atoms with E-state index in [0.29, 0.717) is 5.56 Å². The van der Waals surface area contributed by atoms with Gasteiger partial charge in [-0.15, -0.1) is 0 Å². The number of ketones is 1. The van der Waals surface area contributed by atoms with Crippen molar-refractivity contribution in [2.45, 2.75) is 0 Å². The summed E-state index contributed by atoms with van der Waals surface area (Å²) in [7, 11) is 0. The lowest BCUT2D eigenvalue weighted by molar-refractivity contribution is 0.104. The van der Waals surface area contributed by atoms with Gasteiger partial charge in [0, 0.05) is 5.56 Å². The zero-order valence-electron chi connectivity index (χ0n) is 5.70. The minimum absolute atomic E-state index is 0.430. The summed E-state index contributed by atoms with van der Waals surface area (Å²) in [6.45, 7) is 0. The number of benzene rings is 1. The fraction of sp³-hybridized carbons (Fsp3) is 0. The Morgan fingerprint density at radius 2 is 1.82 bits per heavy atom. The van der Waals surface area contributed by atoms with Crippen LogP contribution >= 0.6 is 0 Å². The van der Waals surface area contributed by atoms with Crippen LogP contribution in [0.2, 0.25) is 0 Å². The van der Waals surface area contributed by atoms with Gasteiger partial charge in [0.2, 0.25) is 5.78 Å². The number of rotatable bonds is 2. The molecule has 0 saturated heterocycles. The summed E-state index contributed by atoms with van der Waals surface area (Å²) in [5.74, 6) is 0.886. The van der Waals surface area contributed by atoms with Crippen molar-refractivity contribution >= 4 is 11.7 Å². The molecule has 2 nitrogen and oxygen atoms in total. The number of hydrogen-bond donors (Lipinski definition) is 0. The van der Waals surface area contributed by atoms with Crippen molar-refractivity contribution in [1.29, 1.82) is 0 Å². The highest BCUT2D eigenvalue weighted by molar-refractivity contribution is 6.04. The molecule has 0 amide bonds. The smallest absolute Gasteiger partial charge is 0.205 e. The van der Waals surface area contributed by atoms with Crippen LogP contribution in [0.25, 0.3) is 0 Å². The van der Waals surface area contributed by atoms with Crippen LogP contribution in [0.1, 0.15) is 10.4 Å². The van der Waals surface area contributed by atoms with Crippen molar-refractivity contribution in [2.24, 2.45) is 0 Å². The standard InChI is InChI=1S/C9H5O2/c10-7-6-9(11)8-4-2-1-3-5-8/h1-5H. The molecule has 2 heteroatoms. The zero-order valence-corrected chi connectivity index (χ0v) is 5.70. The third-order valence-corrected chi connectivity index (χ3v) is 1.20. The van der Waals surface area contributed by atoms with E-state index in [0.717, 1.165) is 0 Å². The number of hydrogen-bond acceptors (Lipinski definition) is 2. The maximum atomic E-state index is 10.9. The van der Waals surface area contributed by atoms with E-state index < -0.39 is 5.78 Å². The fourth-order valence-electron chi connectivity index (χ4n) is 0.708. The molecule has 0 heterocycles. The molecule has 0 bridgehead atoms. The Morgan fingerprint density at radius 3 is 2.36 bits per heavy atom. The zero-order chi connectivity index (χ0) is 8.10. The van der Waals surface area contributed by atoms with Gasteiger partial charge in [0.25, 0.3) is 0 Å². The van der Waals surface area contributed by atoms with E-state index in [1.165, 1.54) is 5.94 Å². The van der Waals surface area contributed by atoms with Gasteiger partial charge in [-0.25, -0.2) is 4.79 Å². The first-order chi connectivity index (χ1) is 5.34. The molecule has 0 fully saturated rings. The Bertz CT molecular complexity index is 295. The van der Waals surface area contributed by atoms with E-state index >= 15 is 0 Å². The van der Waals surface area contributed by atoms with Crippen molar-refractivity contribution in [3.05, 3.63) is 42.0 Å². The molecule has 53 valence electrons. The summed E-state index contributed by atoms with van der Waals surface area (Å²) in [5, 5.41) is 0. The average molecular weight is 145 g/mol. The summed E-state index contributed by atoms with van der Waals surface area (Å²) in [6, 6.07) is 8.47. The normalized spacial score (nSPS) is 8.36. The van der Waals surface area contributed by atoms with Gasteiger partial charge in [-0.1, -0.05) is 30.3 Å². The topological polar surface area (TPSA) is 34.1 Å². The Kier molecular flexibility index (Phi) is 2.37. The largest absolute Gasteiger partial charge is 0.288 e. The first-order valence-electron chi connectivity index (χ1n) is 3.07. The highest BCUT2D eigenvalue weighted by Gasteiger charge is 1.99. The van der Waals surface area contributed by atoms with E-state index in [1.54, 1.807) is 30.3 Å². The Hall–Kier alpha value is -1.66. The molecule has 1 radical (unpaired) electrons. The Labute approximate surface area is 64.2 Å². The predicted octanol–water partition coefficient (Wildman–Crippen LogP) is 1.06. The first kappa shape index (κ1) is 7.45. The van der Waals surface area contributed by atoms with Crippen LogP contribution in [0, 0.1) is 6.08 Å². The van der Waals surface area contributed by atoms with Gasteiger partial charge in [-0.2, -0.15) is 0 Å². The second kappa shape index (κ2) is 3.49. The van der Waals surface area contributed by atoms with Crippen LogP contribution in [0.3, 0.4) is 0 Å². The van der Waals surface area contributed by atoms with Gasteiger partial charge in [0.15, 0.2) is 0 Å². The van der Waals surface area contributed by atoms with E-state index in [9.17, 15) is 9.59 Å². The highest BCUT2D eigenvalue weighted by atomic mass is 16.1.